The van der Waals surface area contributed by atoms with Gasteiger partial charge in [0, 0.05) is 24.1 Å². The highest BCUT2D eigenvalue weighted by molar-refractivity contribution is 8.00. The van der Waals surface area contributed by atoms with Crippen LogP contribution in [0.1, 0.15) is 6.42 Å². The fraction of sp³-hybridized carbons (Fsp3) is 0.545. The lowest BCUT2D eigenvalue weighted by molar-refractivity contribution is 0.0850. The largest absolute Gasteiger partial charge is 0.380 e. The first-order valence-electron chi connectivity index (χ1n) is 5.23. The molecule has 0 saturated carbocycles. The third-order valence-corrected chi connectivity index (χ3v) is 3.84. The number of aromatic nitrogens is 1. The van der Waals surface area contributed by atoms with Gasteiger partial charge in [0.25, 0.3) is 0 Å². The van der Waals surface area contributed by atoms with Crippen LogP contribution in [0.15, 0.2) is 29.4 Å². The van der Waals surface area contributed by atoms with Gasteiger partial charge in [0.15, 0.2) is 0 Å². The van der Waals surface area contributed by atoms with Crippen LogP contribution in [0.3, 0.4) is 0 Å². The fourth-order valence-electron chi connectivity index (χ4n) is 1.73. The van der Waals surface area contributed by atoms with Gasteiger partial charge in [-0.1, -0.05) is 17.8 Å². The third kappa shape index (κ3) is 2.93. The minimum Gasteiger partial charge on any atom is -0.380 e. The van der Waals surface area contributed by atoms with Crippen molar-refractivity contribution in [3.05, 3.63) is 24.4 Å². The molecule has 1 saturated heterocycles. The van der Waals surface area contributed by atoms with E-state index >= 15 is 0 Å². The van der Waals surface area contributed by atoms with Gasteiger partial charge < -0.3 is 10.1 Å². The Labute approximate surface area is 94.6 Å². The molecule has 2 atom stereocenters. The molecule has 0 spiro atoms. The number of pyridine rings is 1. The maximum atomic E-state index is 5.50. The van der Waals surface area contributed by atoms with Crippen LogP contribution < -0.4 is 5.32 Å². The zero-order chi connectivity index (χ0) is 10.5. The van der Waals surface area contributed by atoms with E-state index in [1.165, 1.54) is 0 Å². The molecule has 1 aliphatic heterocycles. The number of nitrogens with one attached hydrogen (secondary N) is 1. The maximum Gasteiger partial charge on any atom is 0.0963 e. The fourth-order valence-corrected chi connectivity index (χ4v) is 2.92. The second kappa shape index (κ2) is 5.49. The summed E-state index contributed by atoms with van der Waals surface area (Å²) in [7, 11) is 2.02. The summed E-state index contributed by atoms with van der Waals surface area (Å²) in [5.41, 5.74) is 0. The van der Waals surface area contributed by atoms with Crippen molar-refractivity contribution in [2.45, 2.75) is 22.7 Å². The van der Waals surface area contributed by atoms with E-state index in [1.54, 1.807) is 11.8 Å². The van der Waals surface area contributed by atoms with Gasteiger partial charge in [-0.3, -0.25) is 0 Å². The molecule has 0 aromatic carbocycles. The van der Waals surface area contributed by atoms with E-state index in [4.69, 9.17) is 4.74 Å². The summed E-state index contributed by atoms with van der Waals surface area (Å²) < 4.78 is 5.50. The van der Waals surface area contributed by atoms with Crippen LogP contribution in [-0.4, -0.2) is 36.5 Å². The Morgan fingerprint density at radius 1 is 1.53 bits per heavy atom. The number of ether oxygens (including phenoxy) is 1. The molecule has 1 N–H and O–H groups in total. The minimum absolute atomic E-state index is 0.471. The number of nitrogens with zero attached hydrogens (tertiary/aromatic N) is 1. The molecule has 3 nitrogen and oxygen atoms in total. The van der Waals surface area contributed by atoms with Crippen molar-refractivity contribution in [1.29, 1.82) is 0 Å². The first kappa shape index (κ1) is 10.9. The molecule has 1 fully saturated rings. The lowest BCUT2D eigenvalue weighted by Gasteiger charge is -2.30. The lowest BCUT2D eigenvalue weighted by Crippen LogP contribution is -2.43. The predicted molar refractivity (Wildman–Crippen MR) is 62.2 cm³/mol. The van der Waals surface area contributed by atoms with Crippen molar-refractivity contribution < 1.29 is 4.74 Å². The van der Waals surface area contributed by atoms with Crippen LogP contribution >= 0.6 is 11.8 Å². The lowest BCUT2D eigenvalue weighted by atomic mass is 10.1. The number of hydrogen-bond donors (Lipinski definition) is 1. The first-order chi connectivity index (χ1) is 7.40. The van der Waals surface area contributed by atoms with Crippen LogP contribution in [0.5, 0.6) is 0 Å². The van der Waals surface area contributed by atoms with Crippen molar-refractivity contribution in [3.63, 3.8) is 0 Å². The quantitative estimate of drug-likeness (QED) is 0.844. The Morgan fingerprint density at radius 2 is 2.47 bits per heavy atom. The van der Waals surface area contributed by atoms with Crippen LogP contribution in [0, 0.1) is 0 Å². The smallest absolute Gasteiger partial charge is 0.0963 e. The molecule has 0 bridgehead atoms. The Kier molecular flexibility index (Phi) is 4.00. The zero-order valence-electron chi connectivity index (χ0n) is 8.85. The van der Waals surface area contributed by atoms with Gasteiger partial charge >= 0.3 is 0 Å². The molecular formula is C11H16N2OS. The normalized spacial score (nSPS) is 26.5. The van der Waals surface area contributed by atoms with E-state index in [0.29, 0.717) is 11.3 Å². The summed E-state index contributed by atoms with van der Waals surface area (Å²) in [4.78, 5) is 4.32. The third-order valence-electron chi connectivity index (χ3n) is 2.58. The summed E-state index contributed by atoms with van der Waals surface area (Å²) in [6.45, 7) is 1.68. The van der Waals surface area contributed by atoms with Crippen molar-refractivity contribution in [3.8, 4) is 0 Å². The molecule has 2 heterocycles. The van der Waals surface area contributed by atoms with E-state index in [9.17, 15) is 0 Å². The van der Waals surface area contributed by atoms with Crippen LogP contribution in [-0.2, 0) is 4.74 Å². The van der Waals surface area contributed by atoms with Gasteiger partial charge in [0.05, 0.1) is 11.6 Å². The van der Waals surface area contributed by atoms with Crippen LogP contribution in [0.4, 0.5) is 0 Å². The minimum atomic E-state index is 0.471. The predicted octanol–water partition coefficient (Wildman–Crippen LogP) is 1.55. The van der Waals surface area contributed by atoms with Gasteiger partial charge in [-0.2, -0.15) is 0 Å². The zero-order valence-corrected chi connectivity index (χ0v) is 9.67. The topological polar surface area (TPSA) is 34.1 Å². The number of thioether (sulfide) groups is 1. The summed E-state index contributed by atoms with van der Waals surface area (Å²) in [5, 5.41) is 4.89. The van der Waals surface area contributed by atoms with E-state index in [2.05, 4.69) is 10.3 Å². The highest BCUT2D eigenvalue weighted by Crippen LogP contribution is 2.27. The average molecular weight is 224 g/mol. The van der Waals surface area contributed by atoms with Gasteiger partial charge in [-0.25, -0.2) is 4.98 Å². The van der Waals surface area contributed by atoms with E-state index in [1.807, 2.05) is 31.4 Å². The molecule has 0 amide bonds. The molecule has 1 aromatic rings. The van der Waals surface area contributed by atoms with Crippen molar-refractivity contribution in [2.24, 2.45) is 0 Å². The molecule has 2 rings (SSSR count). The van der Waals surface area contributed by atoms with Gasteiger partial charge in [-0.05, 0) is 25.6 Å². The summed E-state index contributed by atoms with van der Waals surface area (Å²) in [6.07, 6.45) is 2.92. The number of rotatable bonds is 3. The van der Waals surface area contributed by atoms with Crippen molar-refractivity contribution in [1.82, 2.24) is 10.3 Å². The molecule has 15 heavy (non-hydrogen) atoms. The standard InChI is InChI=1S/C11H16N2OS/c1-12-9-5-7-14-8-10(9)15-11-4-2-3-6-13-11/h2-4,6,9-10,12H,5,7-8H2,1H3. The highest BCUT2D eigenvalue weighted by atomic mass is 32.2. The van der Waals surface area contributed by atoms with E-state index < -0.39 is 0 Å². The van der Waals surface area contributed by atoms with E-state index in [0.717, 1.165) is 24.7 Å². The second-order valence-corrected chi connectivity index (χ2v) is 4.84. The molecule has 4 heteroatoms. The molecular weight excluding hydrogens is 208 g/mol. The molecule has 0 radical (unpaired) electrons. The Morgan fingerprint density at radius 3 is 3.20 bits per heavy atom. The average Bonchev–Trinajstić information content (AvgIpc) is 2.31. The second-order valence-electron chi connectivity index (χ2n) is 3.58. The van der Waals surface area contributed by atoms with Crippen molar-refractivity contribution >= 4 is 11.8 Å². The van der Waals surface area contributed by atoms with Crippen LogP contribution in [0.25, 0.3) is 0 Å². The molecule has 82 valence electrons. The Bertz CT molecular complexity index is 294. The highest BCUT2D eigenvalue weighted by Gasteiger charge is 2.25. The maximum absolute atomic E-state index is 5.50. The summed E-state index contributed by atoms with van der Waals surface area (Å²) >= 11 is 1.80. The molecule has 2 unspecified atom stereocenters. The molecule has 1 aromatic heterocycles. The summed E-state index contributed by atoms with van der Waals surface area (Å²) in [6, 6.07) is 6.54. The number of hydrogen-bond acceptors (Lipinski definition) is 4. The van der Waals surface area contributed by atoms with Gasteiger partial charge in [0.2, 0.25) is 0 Å². The van der Waals surface area contributed by atoms with Gasteiger partial charge in [0.1, 0.15) is 0 Å². The Hall–Kier alpha value is -0.580. The summed E-state index contributed by atoms with van der Waals surface area (Å²) in [5.74, 6) is 0. The van der Waals surface area contributed by atoms with E-state index in [-0.39, 0.29) is 0 Å². The van der Waals surface area contributed by atoms with Crippen LogP contribution in [0.2, 0.25) is 0 Å². The van der Waals surface area contributed by atoms with Gasteiger partial charge in [-0.15, -0.1) is 0 Å². The molecule has 1 aliphatic rings. The van der Waals surface area contributed by atoms with Crippen molar-refractivity contribution in [2.75, 3.05) is 20.3 Å². The first-order valence-corrected chi connectivity index (χ1v) is 6.11. The molecule has 0 aliphatic carbocycles. The Balaban J connectivity index is 1.97. The SMILES string of the molecule is CNC1CCOCC1Sc1ccccn1. The monoisotopic (exact) mass is 224 g/mol.